The highest BCUT2D eigenvalue weighted by molar-refractivity contribution is 5.95. The third-order valence-electron chi connectivity index (χ3n) is 2.32. The zero-order valence-corrected chi connectivity index (χ0v) is 8.61. The van der Waals surface area contributed by atoms with Gasteiger partial charge in [0.05, 0.1) is 7.11 Å². The van der Waals surface area contributed by atoms with E-state index in [0.717, 1.165) is 0 Å². The lowest BCUT2D eigenvalue weighted by molar-refractivity contribution is 0.0995. The molecule has 1 heterocycles. The average molecular weight is 218 g/mol. The number of nitrogens with two attached hydrogens (primary N) is 1. The minimum atomic E-state index is -0.665. The van der Waals surface area contributed by atoms with Crippen LogP contribution in [0.1, 0.15) is 10.5 Å². The third kappa shape index (κ3) is 1.63. The fourth-order valence-corrected chi connectivity index (χ4v) is 1.51. The maximum atomic E-state index is 11.6. The number of rotatable bonds is 2. The minimum absolute atomic E-state index is 0.0887. The predicted molar refractivity (Wildman–Crippen MR) is 59.6 cm³/mol. The number of hydrogen-bond donors (Lipinski definition) is 2. The summed E-state index contributed by atoms with van der Waals surface area (Å²) >= 11 is 0. The van der Waals surface area contributed by atoms with Gasteiger partial charge in [0.2, 0.25) is 0 Å². The van der Waals surface area contributed by atoms with E-state index < -0.39 is 5.91 Å². The number of primary amides is 1. The summed E-state index contributed by atoms with van der Waals surface area (Å²) in [6.07, 6.45) is 0. The molecule has 0 unspecified atom stereocenters. The number of H-pyrrole nitrogens is 1. The highest BCUT2D eigenvalue weighted by Crippen LogP contribution is 2.18. The molecule has 0 aliphatic heterocycles. The Hall–Kier alpha value is -2.30. The normalized spacial score (nSPS) is 10.3. The third-order valence-corrected chi connectivity index (χ3v) is 2.32. The molecule has 0 radical (unpaired) electrons. The van der Waals surface area contributed by atoms with Gasteiger partial charge in [-0.1, -0.05) is 0 Å². The number of aromatic amines is 1. The van der Waals surface area contributed by atoms with Crippen molar-refractivity contribution in [1.82, 2.24) is 4.98 Å². The van der Waals surface area contributed by atoms with Crippen molar-refractivity contribution in [3.8, 4) is 5.75 Å². The molecule has 82 valence electrons. The monoisotopic (exact) mass is 218 g/mol. The molecule has 0 saturated carbocycles. The quantitative estimate of drug-likeness (QED) is 0.775. The van der Waals surface area contributed by atoms with E-state index in [1.807, 2.05) is 0 Å². The Balaban J connectivity index is 2.78. The van der Waals surface area contributed by atoms with Crippen LogP contribution < -0.4 is 16.0 Å². The molecule has 16 heavy (non-hydrogen) atoms. The molecule has 2 rings (SSSR count). The Labute approximate surface area is 90.8 Å². The van der Waals surface area contributed by atoms with Crippen LogP contribution in [0.5, 0.6) is 5.75 Å². The lowest BCUT2D eigenvalue weighted by Crippen LogP contribution is -2.18. The second-order valence-corrected chi connectivity index (χ2v) is 3.33. The number of nitrogens with one attached hydrogen (secondary N) is 1. The van der Waals surface area contributed by atoms with E-state index >= 15 is 0 Å². The number of fused-ring (bicyclic) bond motifs is 1. The molecule has 0 fully saturated rings. The van der Waals surface area contributed by atoms with Gasteiger partial charge in [0.25, 0.3) is 11.5 Å². The van der Waals surface area contributed by atoms with E-state index in [1.54, 1.807) is 18.2 Å². The second-order valence-electron chi connectivity index (χ2n) is 3.33. The van der Waals surface area contributed by atoms with E-state index in [0.29, 0.717) is 16.5 Å². The zero-order chi connectivity index (χ0) is 11.7. The smallest absolute Gasteiger partial charge is 0.265 e. The van der Waals surface area contributed by atoms with Crippen LogP contribution in [0.3, 0.4) is 0 Å². The Morgan fingerprint density at radius 2 is 2.12 bits per heavy atom. The molecule has 0 saturated heterocycles. The molecular weight excluding hydrogens is 208 g/mol. The first-order chi connectivity index (χ1) is 7.61. The highest BCUT2D eigenvalue weighted by atomic mass is 16.5. The summed E-state index contributed by atoms with van der Waals surface area (Å²) in [6, 6.07) is 6.53. The van der Waals surface area contributed by atoms with Crippen LogP contribution in [-0.2, 0) is 0 Å². The topological polar surface area (TPSA) is 85.2 Å². The van der Waals surface area contributed by atoms with Gasteiger partial charge in [-0.2, -0.15) is 0 Å². The van der Waals surface area contributed by atoms with Gasteiger partial charge in [0.1, 0.15) is 11.4 Å². The summed E-state index contributed by atoms with van der Waals surface area (Å²) in [6.45, 7) is 0. The Morgan fingerprint density at radius 1 is 1.38 bits per heavy atom. The molecule has 1 amide bonds. The van der Waals surface area contributed by atoms with Crippen molar-refractivity contribution < 1.29 is 9.53 Å². The lowest BCUT2D eigenvalue weighted by atomic mass is 10.1. The molecule has 5 nitrogen and oxygen atoms in total. The van der Waals surface area contributed by atoms with E-state index in [2.05, 4.69) is 4.98 Å². The van der Waals surface area contributed by atoms with Gasteiger partial charge in [0.15, 0.2) is 0 Å². The van der Waals surface area contributed by atoms with Gasteiger partial charge in [-0.05, 0) is 29.7 Å². The summed E-state index contributed by atoms with van der Waals surface area (Å²) in [5, 5.41) is 1.11. The van der Waals surface area contributed by atoms with E-state index in [-0.39, 0.29) is 11.3 Å². The van der Waals surface area contributed by atoms with Crippen LogP contribution >= 0.6 is 0 Å². The van der Waals surface area contributed by atoms with Crippen LogP contribution in [0, 0.1) is 0 Å². The second kappa shape index (κ2) is 3.69. The molecule has 0 aliphatic rings. The first kappa shape index (κ1) is 10.2. The Bertz CT molecular complexity index is 616. The standard InChI is InChI=1S/C11H10N2O3/c1-16-7-2-3-8-6(4-7)5-9(10(12)14)13-11(8)15/h2-5H,1H3,(H2,12,14)(H,13,15). The molecule has 1 aromatic carbocycles. The van der Waals surface area contributed by atoms with Crippen molar-refractivity contribution >= 4 is 16.7 Å². The summed E-state index contributed by atoms with van der Waals surface area (Å²) in [5.74, 6) is -0.0460. The number of amides is 1. The zero-order valence-electron chi connectivity index (χ0n) is 8.61. The minimum Gasteiger partial charge on any atom is -0.497 e. The van der Waals surface area contributed by atoms with Gasteiger partial charge in [-0.3, -0.25) is 9.59 Å². The van der Waals surface area contributed by atoms with Crippen molar-refractivity contribution in [2.45, 2.75) is 0 Å². The van der Waals surface area contributed by atoms with Crippen molar-refractivity contribution in [1.29, 1.82) is 0 Å². The number of pyridine rings is 1. The SMILES string of the molecule is COc1ccc2c(=O)[nH]c(C(N)=O)cc2c1. The maximum absolute atomic E-state index is 11.6. The molecule has 0 bridgehead atoms. The fourth-order valence-electron chi connectivity index (χ4n) is 1.51. The Kier molecular flexibility index (Phi) is 2.36. The van der Waals surface area contributed by atoms with Crippen molar-refractivity contribution in [2.24, 2.45) is 5.73 Å². The van der Waals surface area contributed by atoms with Gasteiger partial charge in [0, 0.05) is 5.39 Å². The first-order valence-corrected chi connectivity index (χ1v) is 4.62. The van der Waals surface area contributed by atoms with Crippen molar-refractivity contribution in [3.05, 3.63) is 40.3 Å². The van der Waals surface area contributed by atoms with Crippen LogP contribution in [0.2, 0.25) is 0 Å². The summed E-state index contributed by atoms with van der Waals surface area (Å²) < 4.78 is 5.03. The van der Waals surface area contributed by atoms with E-state index in [4.69, 9.17) is 10.5 Å². The number of methoxy groups -OCH3 is 1. The van der Waals surface area contributed by atoms with Crippen LogP contribution in [0.15, 0.2) is 29.1 Å². The lowest BCUT2D eigenvalue weighted by Gasteiger charge is -2.03. The molecule has 3 N–H and O–H groups in total. The molecule has 2 aromatic rings. The molecule has 0 aliphatic carbocycles. The number of carbonyl (C=O) groups is 1. The van der Waals surface area contributed by atoms with Crippen molar-refractivity contribution in [3.63, 3.8) is 0 Å². The molecule has 0 atom stereocenters. The fraction of sp³-hybridized carbons (Fsp3) is 0.0909. The summed E-state index contributed by atoms with van der Waals surface area (Å²) in [7, 11) is 1.53. The van der Waals surface area contributed by atoms with E-state index in [1.165, 1.54) is 13.2 Å². The van der Waals surface area contributed by atoms with Gasteiger partial charge < -0.3 is 15.5 Å². The number of ether oxygens (including phenoxy) is 1. The van der Waals surface area contributed by atoms with E-state index in [9.17, 15) is 9.59 Å². The van der Waals surface area contributed by atoms with Crippen LogP contribution in [-0.4, -0.2) is 18.0 Å². The molecular formula is C11H10N2O3. The number of hydrogen-bond acceptors (Lipinski definition) is 3. The predicted octanol–water partition coefficient (Wildman–Crippen LogP) is 0.636. The number of aromatic nitrogens is 1. The molecule has 1 aromatic heterocycles. The first-order valence-electron chi connectivity index (χ1n) is 4.62. The van der Waals surface area contributed by atoms with Gasteiger partial charge in [-0.15, -0.1) is 0 Å². The Morgan fingerprint density at radius 3 is 2.75 bits per heavy atom. The number of carbonyl (C=O) groups excluding carboxylic acids is 1. The largest absolute Gasteiger partial charge is 0.497 e. The number of benzene rings is 1. The van der Waals surface area contributed by atoms with Gasteiger partial charge >= 0.3 is 0 Å². The van der Waals surface area contributed by atoms with Crippen molar-refractivity contribution in [2.75, 3.05) is 7.11 Å². The summed E-state index contributed by atoms with van der Waals surface area (Å²) in [4.78, 5) is 25.0. The van der Waals surface area contributed by atoms with Gasteiger partial charge in [-0.25, -0.2) is 0 Å². The average Bonchev–Trinajstić information content (AvgIpc) is 2.28. The molecule has 5 heteroatoms. The molecule has 0 spiro atoms. The maximum Gasteiger partial charge on any atom is 0.265 e. The highest BCUT2D eigenvalue weighted by Gasteiger charge is 2.06. The summed E-state index contributed by atoms with van der Waals surface area (Å²) in [5.41, 5.74) is 4.85. The van der Waals surface area contributed by atoms with Crippen LogP contribution in [0.25, 0.3) is 10.8 Å². The van der Waals surface area contributed by atoms with Crippen LogP contribution in [0.4, 0.5) is 0 Å².